The van der Waals surface area contributed by atoms with Crippen LogP contribution >= 0.6 is 0 Å². The number of hydrogen-bond donors (Lipinski definition) is 0. The van der Waals surface area contributed by atoms with Gasteiger partial charge in [0.15, 0.2) is 9.84 Å². The summed E-state index contributed by atoms with van der Waals surface area (Å²) in [5.41, 5.74) is 2.32. The number of carbonyl (C=O) groups excluding carboxylic acids is 1. The summed E-state index contributed by atoms with van der Waals surface area (Å²) in [5.74, 6) is 0.490. The number of pyridine rings is 1. The van der Waals surface area contributed by atoms with Crippen molar-refractivity contribution in [1.82, 2.24) is 14.8 Å². The molecule has 2 saturated heterocycles. The lowest BCUT2D eigenvalue weighted by Gasteiger charge is -2.37. The molecular weight excluding hydrogens is 340 g/mol. The van der Waals surface area contributed by atoms with E-state index in [4.69, 9.17) is 0 Å². The number of sulfone groups is 1. The molecule has 0 bridgehead atoms. The van der Waals surface area contributed by atoms with E-state index in [0.29, 0.717) is 19.5 Å². The van der Waals surface area contributed by atoms with Gasteiger partial charge in [-0.25, -0.2) is 8.42 Å². The SMILES string of the molecule is Cc1cnccc1N1CCN(C(=O)CN(C)C2CCS(=O)(=O)C2)CC1. The summed E-state index contributed by atoms with van der Waals surface area (Å²) in [7, 11) is -1.07. The molecule has 3 heterocycles. The van der Waals surface area contributed by atoms with Gasteiger partial charge in [-0.15, -0.1) is 0 Å². The Morgan fingerprint density at radius 2 is 2.04 bits per heavy atom. The zero-order valence-electron chi connectivity index (χ0n) is 14.9. The number of hydrogen-bond acceptors (Lipinski definition) is 6. The third kappa shape index (κ3) is 4.30. The van der Waals surface area contributed by atoms with Crippen molar-refractivity contribution < 1.29 is 13.2 Å². The van der Waals surface area contributed by atoms with Crippen LogP contribution in [0.25, 0.3) is 0 Å². The predicted octanol–water partition coefficient (Wildman–Crippen LogP) is 0.158. The van der Waals surface area contributed by atoms with Crippen molar-refractivity contribution in [3.05, 3.63) is 24.0 Å². The minimum atomic E-state index is -2.92. The molecule has 2 aliphatic rings. The first kappa shape index (κ1) is 18.1. The Labute approximate surface area is 149 Å². The Morgan fingerprint density at radius 1 is 1.32 bits per heavy atom. The quantitative estimate of drug-likeness (QED) is 0.756. The second-order valence-corrected chi connectivity index (χ2v) is 9.23. The van der Waals surface area contributed by atoms with E-state index in [2.05, 4.69) is 9.88 Å². The lowest BCUT2D eigenvalue weighted by molar-refractivity contribution is -0.132. The number of rotatable bonds is 4. The maximum absolute atomic E-state index is 12.5. The minimum absolute atomic E-state index is 0.0327. The maximum atomic E-state index is 12.5. The average molecular weight is 366 g/mol. The smallest absolute Gasteiger partial charge is 0.236 e. The molecule has 0 spiro atoms. The monoisotopic (exact) mass is 366 g/mol. The predicted molar refractivity (Wildman–Crippen MR) is 97.5 cm³/mol. The van der Waals surface area contributed by atoms with Crippen molar-refractivity contribution in [2.75, 3.05) is 56.2 Å². The number of piperazine rings is 1. The molecular formula is C17H26N4O3S. The molecule has 1 aromatic rings. The van der Waals surface area contributed by atoms with Gasteiger partial charge < -0.3 is 9.80 Å². The van der Waals surface area contributed by atoms with Crippen molar-refractivity contribution in [1.29, 1.82) is 0 Å². The van der Waals surface area contributed by atoms with Crippen LogP contribution in [-0.4, -0.2) is 86.4 Å². The van der Waals surface area contributed by atoms with Gasteiger partial charge in [0.1, 0.15) is 0 Å². The molecule has 1 amide bonds. The first-order valence-electron chi connectivity index (χ1n) is 8.70. The third-order valence-corrected chi connectivity index (χ3v) is 6.93. The van der Waals surface area contributed by atoms with Crippen LogP contribution in [0.15, 0.2) is 18.5 Å². The fourth-order valence-electron chi connectivity index (χ4n) is 3.58. The van der Waals surface area contributed by atoms with E-state index in [1.165, 1.54) is 5.69 Å². The van der Waals surface area contributed by atoms with Gasteiger partial charge in [-0.2, -0.15) is 0 Å². The third-order valence-electron chi connectivity index (χ3n) is 5.18. The number of anilines is 1. The van der Waals surface area contributed by atoms with Gasteiger partial charge in [0.2, 0.25) is 5.91 Å². The van der Waals surface area contributed by atoms with Gasteiger partial charge in [-0.1, -0.05) is 0 Å². The van der Waals surface area contributed by atoms with E-state index in [0.717, 1.165) is 18.7 Å². The summed E-state index contributed by atoms with van der Waals surface area (Å²) in [6.45, 7) is 5.32. The van der Waals surface area contributed by atoms with Gasteiger partial charge in [0.25, 0.3) is 0 Å². The van der Waals surface area contributed by atoms with Gasteiger partial charge in [0.05, 0.1) is 18.1 Å². The van der Waals surface area contributed by atoms with Crippen LogP contribution in [0.5, 0.6) is 0 Å². The van der Waals surface area contributed by atoms with Crippen LogP contribution in [0.4, 0.5) is 5.69 Å². The highest BCUT2D eigenvalue weighted by atomic mass is 32.2. The zero-order valence-corrected chi connectivity index (χ0v) is 15.7. The fraction of sp³-hybridized carbons (Fsp3) is 0.647. The number of aromatic nitrogens is 1. The standard InChI is InChI=1S/C17H26N4O3S/c1-14-11-18-5-3-16(14)20-6-8-21(9-7-20)17(22)12-19(2)15-4-10-25(23,24)13-15/h3,5,11,15H,4,6-10,12-13H2,1-2H3. The molecule has 0 saturated carbocycles. The summed E-state index contributed by atoms with van der Waals surface area (Å²) < 4.78 is 23.2. The molecule has 1 atom stereocenters. The number of carbonyl (C=O) groups is 1. The highest BCUT2D eigenvalue weighted by Gasteiger charge is 2.32. The highest BCUT2D eigenvalue weighted by molar-refractivity contribution is 7.91. The lowest BCUT2D eigenvalue weighted by atomic mass is 10.2. The summed E-state index contributed by atoms with van der Waals surface area (Å²) in [5, 5.41) is 0. The lowest BCUT2D eigenvalue weighted by Crippen LogP contribution is -2.52. The van der Waals surface area contributed by atoms with Crippen LogP contribution in [0, 0.1) is 6.92 Å². The Morgan fingerprint density at radius 3 is 2.64 bits per heavy atom. The normalized spacial score (nSPS) is 23.2. The molecule has 0 aromatic carbocycles. The van der Waals surface area contributed by atoms with Gasteiger partial charge in [0, 0.05) is 50.3 Å². The molecule has 8 heteroatoms. The largest absolute Gasteiger partial charge is 0.368 e. The van der Waals surface area contributed by atoms with Crippen molar-refractivity contribution in [2.24, 2.45) is 0 Å². The Balaban J connectivity index is 1.51. The van der Waals surface area contributed by atoms with E-state index in [-0.39, 0.29) is 30.0 Å². The van der Waals surface area contributed by atoms with Crippen LogP contribution in [-0.2, 0) is 14.6 Å². The molecule has 1 unspecified atom stereocenters. The summed E-state index contributed by atoms with van der Waals surface area (Å²) in [4.78, 5) is 22.7. The van der Waals surface area contributed by atoms with E-state index in [1.807, 2.05) is 36.0 Å². The molecule has 3 rings (SSSR count). The fourth-order valence-corrected chi connectivity index (χ4v) is 5.39. The topological polar surface area (TPSA) is 73.8 Å². The summed E-state index contributed by atoms with van der Waals surface area (Å²) in [6.07, 6.45) is 4.28. The molecule has 25 heavy (non-hydrogen) atoms. The van der Waals surface area contributed by atoms with E-state index in [1.54, 1.807) is 6.20 Å². The molecule has 0 N–H and O–H groups in total. The highest BCUT2D eigenvalue weighted by Crippen LogP contribution is 2.20. The summed E-state index contributed by atoms with van der Waals surface area (Å²) in [6, 6.07) is 1.98. The Kier molecular flexibility index (Phi) is 5.29. The van der Waals surface area contributed by atoms with Crippen LogP contribution < -0.4 is 4.90 Å². The first-order chi connectivity index (χ1) is 11.9. The van der Waals surface area contributed by atoms with Crippen molar-refractivity contribution in [3.8, 4) is 0 Å². The van der Waals surface area contributed by atoms with Crippen LogP contribution in [0.1, 0.15) is 12.0 Å². The number of nitrogens with zero attached hydrogens (tertiary/aromatic N) is 4. The van der Waals surface area contributed by atoms with Gasteiger partial charge >= 0.3 is 0 Å². The molecule has 7 nitrogen and oxygen atoms in total. The molecule has 138 valence electrons. The average Bonchev–Trinajstić information content (AvgIpc) is 2.95. The number of amides is 1. The molecule has 0 aliphatic carbocycles. The Hall–Kier alpha value is -1.67. The van der Waals surface area contributed by atoms with Crippen molar-refractivity contribution in [3.63, 3.8) is 0 Å². The van der Waals surface area contributed by atoms with E-state index in [9.17, 15) is 13.2 Å². The van der Waals surface area contributed by atoms with Gasteiger partial charge in [-0.05, 0) is 32.0 Å². The maximum Gasteiger partial charge on any atom is 0.236 e. The van der Waals surface area contributed by atoms with Gasteiger partial charge in [-0.3, -0.25) is 14.7 Å². The number of aryl methyl sites for hydroxylation is 1. The summed E-state index contributed by atoms with van der Waals surface area (Å²) >= 11 is 0. The Bertz CT molecular complexity index is 729. The second-order valence-electron chi connectivity index (χ2n) is 7.00. The van der Waals surface area contributed by atoms with Crippen molar-refractivity contribution in [2.45, 2.75) is 19.4 Å². The molecule has 2 fully saturated rings. The molecule has 2 aliphatic heterocycles. The molecule has 1 aromatic heterocycles. The van der Waals surface area contributed by atoms with E-state index < -0.39 is 9.84 Å². The van der Waals surface area contributed by atoms with Crippen LogP contribution in [0.3, 0.4) is 0 Å². The minimum Gasteiger partial charge on any atom is -0.368 e. The second kappa shape index (κ2) is 7.29. The van der Waals surface area contributed by atoms with E-state index >= 15 is 0 Å². The van der Waals surface area contributed by atoms with Crippen LogP contribution in [0.2, 0.25) is 0 Å². The molecule has 0 radical (unpaired) electrons. The number of likely N-dealkylation sites (N-methyl/N-ethyl adjacent to an activating group) is 1. The van der Waals surface area contributed by atoms with Crippen molar-refractivity contribution >= 4 is 21.4 Å². The first-order valence-corrected chi connectivity index (χ1v) is 10.5. The zero-order chi connectivity index (χ0) is 18.0.